The summed E-state index contributed by atoms with van der Waals surface area (Å²) in [6.45, 7) is 4.22. The SMILES string of the molecule is CC1CCN(c2cccc(F)c2N)CC1. The first kappa shape index (κ1) is 10.3. The van der Waals surface area contributed by atoms with Gasteiger partial charge in [-0.3, -0.25) is 0 Å². The van der Waals surface area contributed by atoms with E-state index in [4.69, 9.17) is 5.73 Å². The molecule has 0 aliphatic carbocycles. The minimum absolute atomic E-state index is 0.284. The van der Waals surface area contributed by atoms with Crippen molar-refractivity contribution in [3.8, 4) is 0 Å². The van der Waals surface area contributed by atoms with Gasteiger partial charge >= 0.3 is 0 Å². The summed E-state index contributed by atoms with van der Waals surface area (Å²) in [6.07, 6.45) is 2.33. The zero-order chi connectivity index (χ0) is 10.8. The van der Waals surface area contributed by atoms with Crippen LogP contribution in [-0.4, -0.2) is 13.1 Å². The lowest BCUT2D eigenvalue weighted by atomic mass is 9.98. The molecule has 1 saturated heterocycles. The van der Waals surface area contributed by atoms with E-state index in [2.05, 4.69) is 11.8 Å². The maximum absolute atomic E-state index is 13.3. The van der Waals surface area contributed by atoms with Crippen LogP contribution >= 0.6 is 0 Å². The van der Waals surface area contributed by atoms with Crippen LogP contribution in [0.3, 0.4) is 0 Å². The van der Waals surface area contributed by atoms with Gasteiger partial charge in [0.15, 0.2) is 0 Å². The minimum Gasteiger partial charge on any atom is -0.395 e. The molecule has 1 aliphatic heterocycles. The molecule has 0 radical (unpaired) electrons. The summed E-state index contributed by atoms with van der Waals surface area (Å²) in [7, 11) is 0. The summed E-state index contributed by atoms with van der Waals surface area (Å²) in [4.78, 5) is 2.18. The van der Waals surface area contributed by atoms with Crippen LogP contribution in [0.5, 0.6) is 0 Å². The Balaban J connectivity index is 2.19. The molecule has 1 fully saturated rings. The number of nitrogens with two attached hydrogens (primary N) is 1. The number of hydrogen-bond acceptors (Lipinski definition) is 2. The second-order valence-corrected chi connectivity index (χ2v) is 4.34. The Morgan fingerprint density at radius 1 is 1.33 bits per heavy atom. The summed E-state index contributed by atoms with van der Waals surface area (Å²) in [5.41, 5.74) is 6.86. The van der Waals surface area contributed by atoms with Crippen LogP contribution in [-0.2, 0) is 0 Å². The first-order chi connectivity index (χ1) is 7.18. The van der Waals surface area contributed by atoms with Crippen LogP contribution in [0.4, 0.5) is 15.8 Å². The van der Waals surface area contributed by atoms with Crippen molar-refractivity contribution in [1.29, 1.82) is 0 Å². The average Bonchev–Trinajstić information content (AvgIpc) is 2.24. The normalized spacial score (nSPS) is 18.1. The van der Waals surface area contributed by atoms with Gasteiger partial charge in [-0.15, -0.1) is 0 Å². The van der Waals surface area contributed by atoms with Crippen LogP contribution in [0.15, 0.2) is 18.2 Å². The number of rotatable bonds is 1. The molecule has 82 valence electrons. The van der Waals surface area contributed by atoms with Gasteiger partial charge in [0.2, 0.25) is 0 Å². The topological polar surface area (TPSA) is 29.3 Å². The van der Waals surface area contributed by atoms with Crippen molar-refractivity contribution in [2.45, 2.75) is 19.8 Å². The molecule has 2 rings (SSSR count). The zero-order valence-electron chi connectivity index (χ0n) is 9.04. The first-order valence-corrected chi connectivity index (χ1v) is 5.47. The molecule has 0 saturated carbocycles. The van der Waals surface area contributed by atoms with E-state index in [-0.39, 0.29) is 11.5 Å². The van der Waals surface area contributed by atoms with Gasteiger partial charge in [0.1, 0.15) is 5.82 Å². The molecule has 2 N–H and O–H groups in total. The van der Waals surface area contributed by atoms with Crippen molar-refractivity contribution in [2.24, 2.45) is 5.92 Å². The molecule has 1 aromatic rings. The van der Waals surface area contributed by atoms with Crippen LogP contribution in [0, 0.1) is 11.7 Å². The van der Waals surface area contributed by atoms with Gasteiger partial charge in [0.25, 0.3) is 0 Å². The highest BCUT2D eigenvalue weighted by Gasteiger charge is 2.18. The average molecular weight is 208 g/mol. The Morgan fingerprint density at radius 2 is 2.00 bits per heavy atom. The van der Waals surface area contributed by atoms with Gasteiger partial charge in [0.05, 0.1) is 11.4 Å². The maximum Gasteiger partial charge on any atom is 0.148 e. The van der Waals surface area contributed by atoms with Crippen molar-refractivity contribution >= 4 is 11.4 Å². The number of halogens is 1. The molecule has 2 nitrogen and oxygen atoms in total. The van der Waals surface area contributed by atoms with Crippen LogP contribution < -0.4 is 10.6 Å². The standard InChI is InChI=1S/C12H17FN2/c1-9-5-7-15(8-6-9)11-4-2-3-10(13)12(11)14/h2-4,9H,5-8,14H2,1H3. The van der Waals surface area contributed by atoms with Gasteiger partial charge < -0.3 is 10.6 Å². The quantitative estimate of drug-likeness (QED) is 0.719. The van der Waals surface area contributed by atoms with Gasteiger partial charge in [-0.1, -0.05) is 13.0 Å². The van der Waals surface area contributed by atoms with Crippen molar-refractivity contribution in [2.75, 3.05) is 23.7 Å². The van der Waals surface area contributed by atoms with E-state index in [1.807, 2.05) is 6.07 Å². The number of nitrogens with zero attached hydrogens (tertiary/aromatic N) is 1. The smallest absolute Gasteiger partial charge is 0.148 e. The molecule has 0 unspecified atom stereocenters. The molecule has 1 heterocycles. The molecule has 15 heavy (non-hydrogen) atoms. The molecule has 0 atom stereocenters. The zero-order valence-corrected chi connectivity index (χ0v) is 9.04. The van der Waals surface area contributed by atoms with Crippen molar-refractivity contribution in [1.82, 2.24) is 0 Å². The second-order valence-electron chi connectivity index (χ2n) is 4.34. The predicted molar refractivity (Wildman–Crippen MR) is 61.4 cm³/mol. The highest BCUT2D eigenvalue weighted by molar-refractivity contribution is 5.68. The second kappa shape index (κ2) is 4.09. The van der Waals surface area contributed by atoms with E-state index < -0.39 is 0 Å². The van der Waals surface area contributed by atoms with Crippen molar-refractivity contribution in [3.63, 3.8) is 0 Å². The number of anilines is 2. The number of nitrogen functional groups attached to an aromatic ring is 1. The van der Waals surface area contributed by atoms with E-state index in [1.54, 1.807) is 6.07 Å². The highest BCUT2D eigenvalue weighted by Crippen LogP contribution is 2.29. The third-order valence-electron chi connectivity index (χ3n) is 3.15. The van der Waals surface area contributed by atoms with Crippen molar-refractivity contribution in [3.05, 3.63) is 24.0 Å². The van der Waals surface area contributed by atoms with Crippen LogP contribution in [0.1, 0.15) is 19.8 Å². The molecular formula is C12H17FN2. The first-order valence-electron chi connectivity index (χ1n) is 5.47. The Kier molecular flexibility index (Phi) is 2.80. The number of hydrogen-bond donors (Lipinski definition) is 1. The number of piperidine rings is 1. The van der Waals surface area contributed by atoms with E-state index in [1.165, 1.54) is 6.07 Å². The van der Waals surface area contributed by atoms with E-state index in [0.717, 1.165) is 37.5 Å². The van der Waals surface area contributed by atoms with Crippen LogP contribution in [0.2, 0.25) is 0 Å². The molecule has 1 aromatic carbocycles. The largest absolute Gasteiger partial charge is 0.395 e. The van der Waals surface area contributed by atoms with Gasteiger partial charge in [-0.05, 0) is 30.9 Å². The molecule has 0 amide bonds. The number of para-hydroxylation sites is 1. The Bertz CT molecular complexity index is 343. The molecule has 0 bridgehead atoms. The van der Waals surface area contributed by atoms with E-state index in [9.17, 15) is 4.39 Å². The fraction of sp³-hybridized carbons (Fsp3) is 0.500. The van der Waals surface area contributed by atoms with Gasteiger partial charge in [-0.2, -0.15) is 0 Å². The highest BCUT2D eigenvalue weighted by atomic mass is 19.1. The Hall–Kier alpha value is -1.25. The summed E-state index contributed by atoms with van der Waals surface area (Å²) in [6, 6.07) is 5.03. The lowest BCUT2D eigenvalue weighted by molar-refractivity contribution is 0.438. The minimum atomic E-state index is -0.314. The molecule has 3 heteroatoms. The monoisotopic (exact) mass is 208 g/mol. The predicted octanol–water partition coefficient (Wildman–Crippen LogP) is 2.64. The van der Waals surface area contributed by atoms with Gasteiger partial charge in [-0.25, -0.2) is 4.39 Å². The maximum atomic E-state index is 13.3. The molecule has 0 aromatic heterocycles. The Labute approximate surface area is 89.9 Å². The van der Waals surface area contributed by atoms with E-state index >= 15 is 0 Å². The third kappa shape index (κ3) is 2.06. The Morgan fingerprint density at radius 3 is 2.67 bits per heavy atom. The summed E-state index contributed by atoms with van der Waals surface area (Å²) < 4.78 is 13.3. The van der Waals surface area contributed by atoms with Crippen LogP contribution in [0.25, 0.3) is 0 Å². The van der Waals surface area contributed by atoms with Crippen molar-refractivity contribution < 1.29 is 4.39 Å². The van der Waals surface area contributed by atoms with Gasteiger partial charge in [0, 0.05) is 13.1 Å². The fourth-order valence-electron chi connectivity index (χ4n) is 2.05. The molecular weight excluding hydrogens is 191 g/mol. The summed E-state index contributed by atoms with van der Waals surface area (Å²) in [5, 5.41) is 0. The lowest BCUT2D eigenvalue weighted by Gasteiger charge is -2.32. The lowest BCUT2D eigenvalue weighted by Crippen LogP contribution is -2.33. The summed E-state index contributed by atoms with van der Waals surface area (Å²) in [5.74, 6) is 0.460. The summed E-state index contributed by atoms with van der Waals surface area (Å²) >= 11 is 0. The molecule has 1 aliphatic rings. The fourth-order valence-corrected chi connectivity index (χ4v) is 2.05. The van der Waals surface area contributed by atoms with E-state index in [0.29, 0.717) is 0 Å². The molecule has 0 spiro atoms. The third-order valence-corrected chi connectivity index (χ3v) is 3.15. The number of benzene rings is 1.